The molecule has 1 atom stereocenters. The Balaban J connectivity index is 0.00000300. The van der Waals surface area contributed by atoms with Gasteiger partial charge < -0.3 is 32.1 Å². The van der Waals surface area contributed by atoms with Crippen LogP contribution in [-0.2, 0) is 20.6 Å². The van der Waals surface area contributed by atoms with Crippen molar-refractivity contribution in [3.63, 3.8) is 0 Å². The standard InChI is InChI=1S/C19H25N5O4.ClH/c1-22-17-16(18(26)23(2)19(22)27)24(13-21-17)10-6-9-20-11-14(25)12-28-15-7-4-3-5-8-15;/h3-5,7-8,13-14,20,25H,6,9-12H2,1-2H3;1H. The maximum atomic E-state index is 12.4. The molecule has 9 nitrogen and oxygen atoms in total. The molecule has 3 rings (SSSR count). The Morgan fingerprint density at radius 1 is 1.17 bits per heavy atom. The van der Waals surface area contributed by atoms with Crippen molar-refractivity contribution in [3.05, 3.63) is 57.5 Å². The van der Waals surface area contributed by atoms with Crippen LogP contribution in [0.15, 0.2) is 46.2 Å². The number of halogens is 1. The average Bonchev–Trinajstić information content (AvgIpc) is 3.13. The first-order valence-corrected chi connectivity index (χ1v) is 9.27. The molecular weight excluding hydrogens is 398 g/mol. The van der Waals surface area contributed by atoms with Crippen molar-refractivity contribution in [3.8, 4) is 5.75 Å². The van der Waals surface area contributed by atoms with Gasteiger partial charge in [-0.15, -0.1) is 0 Å². The highest BCUT2D eigenvalue weighted by Gasteiger charge is 2.14. The van der Waals surface area contributed by atoms with Crippen LogP contribution in [0.1, 0.15) is 6.42 Å². The van der Waals surface area contributed by atoms with Crippen LogP contribution < -0.4 is 33.7 Å². The van der Waals surface area contributed by atoms with E-state index in [0.717, 1.165) is 23.3 Å². The summed E-state index contributed by atoms with van der Waals surface area (Å²) >= 11 is 0. The van der Waals surface area contributed by atoms with Crippen LogP contribution in [0.2, 0.25) is 0 Å². The molecule has 0 radical (unpaired) electrons. The Kier molecular flexibility index (Phi) is 8.00. The Morgan fingerprint density at radius 2 is 1.90 bits per heavy atom. The lowest BCUT2D eigenvalue weighted by atomic mass is 10.3. The summed E-state index contributed by atoms with van der Waals surface area (Å²) in [5, 5.41) is 12.0. The number of quaternary nitrogens is 1. The summed E-state index contributed by atoms with van der Waals surface area (Å²) in [6.07, 6.45) is 1.83. The first-order valence-electron chi connectivity index (χ1n) is 9.27. The molecule has 0 aliphatic heterocycles. The molecule has 2 aromatic heterocycles. The molecule has 3 aromatic rings. The van der Waals surface area contributed by atoms with Crippen molar-refractivity contribution in [1.82, 2.24) is 18.7 Å². The van der Waals surface area contributed by atoms with Crippen LogP contribution in [0.5, 0.6) is 5.75 Å². The normalized spacial score (nSPS) is 12.0. The number of aliphatic hydroxyl groups is 1. The number of nitrogens with zero attached hydrogens (tertiary/aromatic N) is 4. The largest absolute Gasteiger partial charge is 1.00 e. The molecule has 1 unspecified atom stereocenters. The van der Waals surface area contributed by atoms with Gasteiger partial charge in [0.1, 0.15) is 25.0 Å². The number of rotatable bonds is 9. The monoisotopic (exact) mass is 423 g/mol. The van der Waals surface area contributed by atoms with Gasteiger partial charge in [-0.2, -0.15) is 0 Å². The van der Waals surface area contributed by atoms with E-state index >= 15 is 0 Å². The topological polar surface area (TPSA) is 108 Å². The molecule has 0 amide bonds. The number of ether oxygens (including phenoxy) is 1. The van der Waals surface area contributed by atoms with E-state index in [1.54, 1.807) is 17.9 Å². The van der Waals surface area contributed by atoms with E-state index in [9.17, 15) is 14.7 Å². The lowest BCUT2D eigenvalue weighted by Crippen LogP contribution is -3.00. The van der Waals surface area contributed by atoms with Gasteiger partial charge in [0, 0.05) is 27.1 Å². The summed E-state index contributed by atoms with van der Waals surface area (Å²) in [4.78, 5) is 28.5. The third-order valence-electron chi connectivity index (χ3n) is 4.65. The van der Waals surface area contributed by atoms with E-state index in [2.05, 4.69) is 4.98 Å². The minimum atomic E-state index is -0.559. The lowest BCUT2D eigenvalue weighted by molar-refractivity contribution is -0.661. The molecule has 1 aromatic carbocycles. The Morgan fingerprint density at radius 3 is 2.62 bits per heavy atom. The average molecular weight is 424 g/mol. The van der Waals surface area contributed by atoms with Gasteiger partial charge in [-0.3, -0.25) is 13.9 Å². The molecule has 3 N–H and O–H groups in total. The molecule has 10 heteroatoms. The summed E-state index contributed by atoms with van der Waals surface area (Å²) < 4.78 is 9.78. The van der Waals surface area contributed by atoms with E-state index in [1.165, 1.54) is 11.6 Å². The fourth-order valence-electron chi connectivity index (χ4n) is 3.06. The summed E-state index contributed by atoms with van der Waals surface area (Å²) in [5.41, 5.74) is 0.0994. The van der Waals surface area contributed by atoms with Crippen molar-refractivity contribution in [2.75, 3.05) is 19.7 Å². The number of benzene rings is 1. The van der Waals surface area contributed by atoms with Gasteiger partial charge in [0.2, 0.25) is 0 Å². The zero-order valence-corrected chi connectivity index (χ0v) is 17.2. The van der Waals surface area contributed by atoms with E-state index in [-0.39, 0.29) is 30.3 Å². The van der Waals surface area contributed by atoms with Gasteiger partial charge in [-0.25, -0.2) is 9.78 Å². The van der Waals surface area contributed by atoms with Crippen LogP contribution in [-0.4, -0.2) is 49.6 Å². The number of aliphatic hydroxyl groups excluding tert-OH is 1. The van der Waals surface area contributed by atoms with Crippen molar-refractivity contribution in [2.24, 2.45) is 14.1 Å². The van der Waals surface area contributed by atoms with E-state index in [4.69, 9.17) is 4.74 Å². The van der Waals surface area contributed by atoms with Crippen molar-refractivity contribution in [2.45, 2.75) is 19.1 Å². The van der Waals surface area contributed by atoms with Crippen LogP contribution >= 0.6 is 0 Å². The predicted octanol–water partition coefficient (Wildman–Crippen LogP) is -4.17. The number of fused-ring (bicyclic) bond motifs is 1. The predicted molar refractivity (Wildman–Crippen MR) is 104 cm³/mol. The van der Waals surface area contributed by atoms with E-state index in [1.807, 2.05) is 35.6 Å². The van der Waals surface area contributed by atoms with Gasteiger partial charge in [-0.05, 0) is 12.1 Å². The Bertz CT molecular complexity index is 1040. The van der Waals surface area contributed by atoms with Crippen molar-refractivity contribution in [1.29, 1.82) is 0 Å². The Labute approximate surface area is 174 Å². The van der Waals surface area contributed by atoms with Crippen LogP contribution in [0.3, 0.4) is 0 Å². The first kappa shape index (κ1) is 22.7. The molecule has 0 bridgehead atoms. The van der Waals surface area contributed by atoms with Gasteiger partial charge >= 0.3 is 5.69 Å². The third kappa shape index (κ3) is 5.26. The Hall–Kier alpha value is -2.62. The SMILES string of the molecule is Cn1c(=O)c2c(ncn2CCC[NH2+]CC(O)COc2ccccc2)n(C)c1=O.[Cl-]. The van der Waals surface area contributed by atoms with E-state index < -0.39 is 6.10 Å². The number of hydrogen-bond acceptors (Lipinski definition) is 5. The molecule has 0 fully saturated rings. The molecule has 0 spiro atoms. The fraction of sp³-hybridized carbons (Fsp3) is 0.421. The van der Waals surface area contributed by atoms with Crippen molar-refractivity contribution >= 4 is 11.2 Å². The highest BCUT2D eigenvalue weighted by molar-refractivity contribution is 5.69. The van der Waals surface area contributed by atoms with Crippen LogP contribution in [0, 0.1) is 0 Å². The number of imidazole rings is 1. The fourth-order valence-corrected chi connectivity index (χ4v) is 3.06. The second-order valence-electron chi connectivity index (χ2n) is 6.76. The second kappa shape index (κ2) is 10.2. The quantitative estimate of drug-likeness (QED) is 0.340. The number of hydrogen-bond donors (Lipinski definition) is 2. The molecule has 0 saturated heterocycles. The summed E-state index contributed by atoms with van der Waals surface area (Å²) in [6, 6.07) is 9.39. The summed E-state index contributed by atoms with van der Waals surface area (Å²) in [5.74, 6) is 0.740. The molecule has 0 aliphatic rings. The minimum absolute atomic E-state index is 0. The van der Waals surface area contributed by atoms with Crippen molar-refractivity contribution < 1.29 is 27.6 Å². The van der Waals surface area contributed by atoms with Gasteiger partial charge in [0.05, 0.1) is 12.9 Å². The number of aryl methyl sites for hydroxylation is 2. The molecule has 2 heterocycles. The molecule has 0 aliphatic carbocycles. The first-order chi connectivity index (χ1) is 13.5. The number of para-hydroxylation sites is 1. The lowest BCUT2D eigenvalue weighted by Gasteiger charge is -2.11. The van der Waals surface area contributed by atoms with Crippen LogP contribution in [0.25, 0.3) is 11.2 Å². The zero-order chi connectivity index (χ0) is 20.1. The summed E-state index contributed by atoms with van der Waals surface area (Å²) in [6.45, 7) is 2.18. The maximum Gasteiger partial charge on any atom is 0.332 e. The highest BCUT2D eigenvalue weighted by atomic mass is 35.5. The smallest absolute Gasteiger partial charge is 0.332 e. The summed E-state index contributed by atoms with van der Waals surface area (Å²) in [7, 11) is 3.07. The second-order valence-corrected chi connectivity index (χ2v) is 6.76. The highest BCUT2D eigenvalue weighted by Crippen LogP contribution is 2.08. The number of nitrogens with two attached hydrogens (primary N) is 1. The van der Waals surface area contributed by atoms with Gasteiger partial charge in [0.15, 0.2) is 11.2 Å². The van der Waals surface area contributed by atoms with E-state index in [0.29, 0.717) is 24.3 Å². The third-order valence-corrected chi connectivity index (χ3v) is 4.65. The molecule has 158 valence electrons. The van der Waals surface area contributed by atoms with Gasteiger partial charge in [0.25, 0.3) is 5.56 Å². The zero-order valence-electron chi connectivity index (χ0n) is 16.5. The van der Waals surface area contributed by atoms with Gasteiger partial charge in [-0.1, -0.05) is 18.2 Å². The van der Waals surface area contributed by atoms with Crippen LogP contribution in [0.4, 0.5) is 0 Å². The molecule has 0 saturated carbocycles. The molecule has 29 heavy (non-hydrogen) atoms. The number of aromatic nitrogens is 4. The molecular formula is C19H26ClN5O4. The minimum Gasteiger partial charge on any atom is -1.00 e. The maximum absolute atomic E-state index is 12.4.